The third kappa shape index (κ3) is 2.80. The molecule has 0 bridgehead atoms. The van der Waals surface area contributed by atoms with Gasteiger partial charge in [0, 0.05) is 19.1 Å². The second kappa shape index (κ2) is 4.77. The van der Waals surface area contributed by atoms with Crippen LogP contribution in [-0.4, -0.2) is 35.2 Å². The van der Waals surface area contributed by atoms with Crippen LogP contribution in [0.25, 0.3) is 0 Å². The molecule has 0 aromatic heterocycles. The lowest BCUT2D eigenvalue weighted by atomic mass is 10.1. The summed E-state index contributed by atoms with van der Waals surface area (Å²) in [6.07, 6.45) is 1.90. The molecule has 1 N–H and O–H groups in total. The number of benzene rings is 1. The zero-order chi connectivity index (χ0) is 10.7. The summed E-state index contributed by atoms with van der Waals surface area (Å²) in [4.78, 5) is 2.37. The molecule has 1 aliphatic heterocycles. The third-order valence-electron chi connectivity index (χ3n) is 3.19. The van der Waals surface area contributed by atoms with Gasteiger partial charge in [0.2, 0.25) is 0 Å². The van der Waals surface area contributed by atoms with E-state index >= 15 is 0 Å². The van der Waals surface area contributed by atoms with Crippen LogP contribution in [-0.2, 0) is 6.42 Å². The lowest BCUT2D eigenvalue weighted by molar-refractivity contribution is 0.162. The van der Waals surface area contributed by atoms with E-state index in [0.717, 1.165) is 25.9 Å². The minimum Gasteiger partial charge on any atom is -0.392 e. The highest BCUT2D eigenvalue weighted by atomic mass is 16.3. The van der Waals surface area contributed by atoms with Gasteiger partial charge in [-0.05, 0) is 25.3 Å². The highest BCUT2D eigenvalue weighted by molar-refractivity contribution is 5.15. The highest BCUT2D eigenvalue weighted by Crippen LogP contribution is 2.15. The molecule has 82 valence electrons. The van der Waals surface area contributed by atoms with Gasteiger partial charge in [-0.25, -0.2) is 0 Å². The summed E-state index contributed by atoms with van der Waals surface area (Å²) in [5.41, 5.74) is 1.38. The molecule has 1 aromatic carbocycles. The van der Waals surface area contributed by atoms with Crippen molar-refractivity contribution in [1.82, 2.24) is 4.90 Å². The van der Waals surface area contributed by atoms with Gasteiger partial charge in [0.15, 0.2) is 0 Å². The maximum absolute atomic E-state index is 9.47. The summed E-state index contributed by atoms with van der Waals surface area (Å²) in [6, 6.07) is 11.1. The average molecular weight is 205 g/mol. The van der Waals surface area contributed by atoms with Crippen molar-refractivity contribution in [2.75, 3.05) is 13.1 Å². The van der Waals surface area contributed by atoms with E-state index in [1.807, 2.05) is 6.07 Å². The predicted octanol–water partition coefficient (Wildman–Crippen LogP) is 1.68. The SMILES string of the molecule is CC(Cc1ccccc1)N1CCC(O)C1. The molecule has 2 atom stereocenters. The van der Waals surface area contributed by atoms with E-state index in [0.29, 0.717) is 6.04 Å². The summed E-state index contributed by atoms with van der Waals surface area (Å²) in [6.45, 7) is 4.12. The lowest BCUT2D eigenvalue weighted by Gasteiger charge is -2.23. The minimum atomic E-state index is -0.108. The van der Waals surface area contributed by atoms with Crippen molar-refractivity contribution >= 4 is 0 Å². The maximum Gasteiger partial charge on any atom is 0.0679 e. The summed E-state index contributed by atoms with van der Waals surface area (Å²) in [5.74, 6) is 0. The van der Waals surface area contributed by atoms with Crippen molar-refractivity contribution in [2.24, 2.45) is 0 Å². The smallest absolute Gasteiger partial charge is 0.0679 e. The maximum atomic E-state index is 9.47. The van der Waals surface area contributed by atoms with E-state index in [-0.39, 0.29) is 6.10 Å². The molecule has 15 heavy (non-hydrogen) atoms. The molecule has 0 spiro atoms. The number of β-amino-alcohol motifs (C(OH)–C–C–N with tert-alkyl or cyclic N) is 1. The van der Waals surface area contributed by atoms with Gasteiger partial charge in [0.1, 0.15) is 0 Å². The standard InChI is InChI=1S/C13H19NO/c1-11(14-8-7-13(15)10-14)9-12-5-3-2-4-6-12/h2-6,11,13,15H,7-10H2,1H3. The summed E-state index contributed by atoms with van der Waals surface area (Å²) < 4.78 is 0. The Morgan fingerprint density at radius 2 is 2.13 bits per heavy atom. The first-order valence-corrected chi connectivity index (χ1v) is 5.72. The second-order valence-electron chi connectivity index (χ2n) is 4.48. The average Bonchev–Trinajstić information content (AvgIpc) is 2.66. The van der Waals surface area contributed by atoms with Gasteiger partial charge in [0.05, 0.1) is 6.10 Å². The fraction of sp³-hybridized carbons (Fsp3) is 0.538. The molecule has 2 nitrogen and oxygen atoms in total. The number of nitrogens with zero attached hydrogens (tertiary/aromatic N) is 1. The first-order chi connectivity index (χ1) is 7.25. The molecule has 1 saturated heterocycles. The Kier molecular flexibility index (Phi) is 3.39. The summed E-state index contributed by atoms with van der Waals surface area (Å²) in [5, 5.41) is 9.47. The fourth-order valence-electron chi connectivity index (χ4n) is 2.25. The van der Waals surface area contributed by atoms with Crippen molar-refractivity contribution < 1.29 is 5.11 Å². The van der Waals surface area contributed by atoms with Crippen LogP contribution in [0.15, 0.2) is 30.3 Å². The number of rotatable bonds is 3. The van der Waals surface area contributed by atoms with E-state index in [1.54, 1.807) is 0 Å². The van der Waals surface area contributed by atoms with Gasteiger partial charge in [-0.3, -0.25) is 4.90 Å². The van der Waals surface area contributed by atoms with Crippen LogP contribution in [0.4, 0.5) is 0 Å². The summed E-state index contributed by atoms with van der Waals surface area (Å²) >= 11 is 0. The van der Waals surface area contributed by atoms with Crippen molar-refractivity contribution in [2.45, 2.75) is 31.9 Å². The van der Waals surface area contributed by atoms with Gasteiger partial charge in [-0.15, -0.1) is 0 Å². The van der Waals surface area contributed by atoms with Crippen LogP contribution in [0.1, 0.15) is 18.9 Å². The Hall–Kier alpha value is -0.860. The molecule has 0 radical (unpaired) electrons. The molecule has 1 aromatic rings. The Labute approximate surface area is 91.5 Å². The van der Waals surface area contributed by atoms with Crippen LogP contribution in [0.3, 0.4) is 0 Å². The van der Waals surface area contributed by atoms with E-state index in [1.165, 1.54) is 5.56 Å². The molecular formula is C13H19NO. The highest BCUT2D eigenvalue weighted by Gasteiger charge is 2.24. The quantitative estimate of drug-likeness (QED) is 0.811. The van der Waals surface area contributed by atoms with Gasteiger partial charge in [-0.2, -0.15) is 0 Å². The largest absolute Gasteiger partial charge is 0.392 e. The fourth-order valence-corrected chi connectivity index (χ4v) is 2.25. The Morgan fingerprint density at radius 3 is 2.73 bits per heavy atom. The first kappa shape index (κ1) is 10.7. The van der Waals surface area contributed by atoms with Crippen molar-refractivity contribution in [3.63, 3.8) is 0 Å². The second-order valence-corrected chi connectivity index (χ2v) is 4.48. The zero-order valence-corrected chi connectivity index (χ0v) is 9.26. The normalized spacial score (nSPS) is 24.3. The van der Waals surface area contributed by atoms with Crippen LogP contribution in [0.2, 0.25) is 0 Å². The van der Waals surface area contributed by atoms with Gasteiger partial charge in [0.25, 0.3) is 0 Å². The number of hydrogen-bond acceptors (Lipinski definition) is 2. The number of hydrogen-bond donors (Lipinski definition) is 1. The number of aliphatic hydroxyl groups is 1. The molecule has 0 amide bonds. The van der Waals surface area contributed by atoms with Crippen molar-refractivity contribution in [1.29, 1.82) is 0 Å². The van der Waals surface area contributed by atoms with Gasteiger partial charge in [-0.1, -0.05) is 30.3 Å². The molecular weight excluding hydrogens is 186 g/mol. The van der Waals surface area contributed by atoms with E-state index in [2.05, 4.69) is 36.1 Å². The van der Waals surface area contributed by atoms with Crippen LogP contribution in [0, 0.1) is 0 Å². The third-order valence-corrected chi connectivity index (χ3v) is 3.19. The molecule has 2 rings (SSSR count). The minimum absolute atomic E-state index is 0.108. The molecule has 0 saturated carbocycles. The molecule has 1 fully saturated rings. The van der Waals surface area contributed by atoms with Crippen LogP contribution < -0.4 is 0 Å². The number of aliphatic hydroxyl groups excluding tert-OH is 1. The van der Waals surface area contributed by atoms with Gasteiger partial charge < -0.3 is 5.11 Å². The molecule has 2 unspecified atom stereocenters. The topological polar surface area (TPSA) is 23.5 Å². The van der Waals surface area contributed by atoms with E-state index < -0.39 is 0 Å². The summed E-state index contributed by atoms with van der Waals surface area (Å²) in [7, 11) is 0. The van der Waals surface area contributed by atoms with Crippen LogP contribution >= 0.6 is 0 Å². The number of likely N-dealkylation sites (tertiary alicyclic amines) is 1. The monoisotopic (exact) mass is 205 g/mol. The molecule has 1 aliphatic rings. The zero-order valence-electron chi connectivity index (χ0n) is 9.26. The van der Waals surface area contributed by atoms with E-state index in [4.69, 9.17) is 0 Å². The van der Waals surface area contributed by atoms with Crippen LogP contribution in [0.5, 0.6) is 0 Å². The van der Waals surface area contributed by atoms with Crippen molar-refractivity contribution in [3.05, 3.63) is 35.9 Å². The predicted molar refractivity (Wildman–Crippen MR) is 61.8 cm³/mol. The van der Waals surface area contributed by atoms with E-state index in [9.17, 15) is 5.11 Å². The molecule has 1 heterocycles. The Balaban J connectivity index is 1.90. The lowest BCUT2D eigenvalue weighted by Crippen LogP contribution is -2.33. The molecule has 2 heteroatoms. The first-order valence-electron chi connectivity index (χ1n) is 5.72. The Bertz CT molecular complexity index is 299. The molecule has 0 aliphatic carbocycles. The Morgan fingerprint density at radius 1 is 1.40 bits per heavy atom. The van der Waals surface area contributed by atoms with Gasteiger partial charge >= 0.3 is 0 Å². The van der Waals surface area contributed by atoms with Crippen molar-refractivity contribution in [3.8, 4) is 0 Å².